The van der Waals surface area contributed by atoms with E-state index in [-0.39, 0.29) is 0 Å². The van der Waals surface area contributed by atoms with Crippen molar-refractivity contribution in [3.05, 3.63) is 29.3 Å². The highest BCUT2D eigenvalue weighted by Gasteiger charge is 2.29. The van der Waals surface area contributed by atoms with Crippen molar-refractivity contribution in [3.8, 4) is 0 Å². The average Bonchev–Trinajstić information content (AvgIpc) is 2.53. The van der Waals surface area contributed by atoms with Crippen molar-refractivity contribution in [2.75, 3.05) is 11.4 Å². The molecular formula is C18H25NO2. The van der Waals surface area contributed by atoms with Gasteiger partial charge in [-0.2, -0.15) is 0 Å². The second-order valence-corrected chi connectivity index (χ2v) is 6.54. The van der Waals surface area contributed by atoms with Crippen molar-refractivity contribution >= 4 is 11.7 Å². The normalized spacial score (nSPS) is 25.5. The number of aromatic carboxylic acids is 1. The molecule has 0 spiro atoms. The van der Waals surface area contributed by atoms with Gasteiger partial charge in [-0.15, -0.1) is 0 Å². The van der Waals surface area contributed by atoms with Crippen LogP contribution in [0.25, 0.3) is 0 Å². The van der Waals surface area contributed by atoms with E-state index >= 15 is 0 Å². The van der Waals surface area contributed by atoms with Gasteiger partial charge in [0.15, 0.2) is 0 Å². The minimum absolute atomic E-state index is 0.422. The lowest BCUT2D eigenvalue weighted by Gasteiger charge is -2.42. The summed E-state index contributed by atoms with van der Waals surface area (Å²) >= 11 is 0. The summed E-state index contributed by atoms with van der Waals surface area (Å²) in [5.41, 5.74) is 2.93. The van der Waals surface area contributed by atoms with Crippen LogP contribution in [0.15, 0.2) is 18.2 Å². The van der Waals surface area contributed by atoms with E-state index in [1.807, 2.05) is 12.1 Å². The van der Waals surface area contributed by atoms with Crippen LogP contribution in [-0.4, -0.2) is 23.7 Å². The molecule has 2 atom stereocenters. The SMILES string of the molecule is CCC1CCCC(N2CCCc3cc(C(=O)O)ccc32)C1. The third kappa shape index (κ3) is 2.92. The highest BCUT2D eigenvalue weighted by Crippen LogP contribution is 2.36. The first-order valence-electron chi connectivity index (χ1n) is 8.32. The number of nitrogens with zero attached hydrogens (tertiary/aromatic N) is 1. The minimum Gasteiger partial charge on any atom is -0.478 e. The van der Waals surface area contributed by atoms with Crippen molar-refractivity contribution in [1.29, 1.82) is 0 Å². The maximum Gasteiger partial charge on any atom is 0.335 e. The zero-order valence-electron chi connectivity index (χ0n) is 12.8. The fourth-order valence-electron chi connectivity index (χ4n) is 4.06. The zero-order valence-corrected chi connectivity index (χ0v) is 12.8. The molecule has 3 nitrogen and oxygen atoms in total. The first-order valence-corrected chi connectivity index (χ1v) is 8.32. The van der Waals surface area contributed by atoms with Crippen molar-refractivity contribution in [2.45, 2.75) is 57.9 Å². The number of hydrogen-bond donors (Lipinski definition) is 1. The van der Waals surface area contributed by atoms with E-state index < -0.39 is 5.97 Å². The van der Waals surface area contributed by atoms with E-state index in [0.717, 1.165) is 25.3 Å². The van der Waals surface area contributed by atoms with E-state index in [0.29, 0.717) is 11.6 Å². The zero-order chi connectivity index (χ0) is 14.8. The number of carbonyl (C=O) groups is 1. The Bertz CT molecular complexity index is 526. The molecule has 1 aliphatic heterocycles. The molecule has 2 aliphatic rings. The second kappa shape index (κ2) is 6.08. The Morgan fingerprint density at radius 2 is 2.19 bits per heavy atom. The van der Waals surface area contributed by atoms with Crippen LogP contribution in [0.1, 0.15) is 61.4 Å². The number of fused-ring (bicyclic) bond motifs is 1. The number of aryl methyl sites for hydroxylation is 1. The Kier molecular flexibility index (Phi) is 4.18. The highest BCUT2D eigenvalue weighted by molar-refractivity contribution is 5.88. The molecule has 3 heteroatoms. The van der Waals surface area contributed by atoms with Gasteiger partial charge in [-0.3, -0.25) is 0 Å². The van der Waals surface area contributed by atoms with Crippen LogP contribution in [0.2, 0.25) is 0 Å². The Morgan fingerprint density at radius 1 is 1.33 bits per heavy atom. The molecule has 0 radical (unpaired) electrons. The average molecular weight is 287 g/mol. The number of carboxylic acid groups (broad SMARTS) is 1. The molecule has 0 aromatic heterocycles. The molecule has 21 heavy (non-hydrogen) atoms. The molecule has 1 aromatic rings. The minimum atomic E-state index is -0.821. The molecular weight excluding hydrogens is 262 g/mol. The molecule has 0 saturated heterocycles. The van der Waals surface area contributed by atoms with Gasteiger partial charge in [-0.1, -0.05) is 26.2 Å². The first-order chi connectivity index (χ1) is 10.2. The third-order valence-corrected chi connectivity index (χ3v) is 5.25. The standard InChI is InChI=1S/C18H25NO2/c1-2-13-5-3-7-16(11-13)19-10-4-6-14-12-15(18(20)21)8-9-17(14)19/h8-9,12-13,16H,2-7,10-11H2,1H3,(H,20,21). The summed E-state index contributed by atoms with van der Waals surface area (Å²) in [5, 5.41) is 9.15. The first kappa shape index (κ1) is 14.4. The van der Waals surface area contributed by atoms with Gasteiger partial charge in [0.05, 0.1) is 5.56 Å². The van der Waals surface area contributed by atoms with Gasteiger partial charge >= 0.3 is 5.97 Å². The molecule has 1 heterocycles. The number of benzene rings is 1. The Balaban J connectivity index is 1.84. The molecule has 0 amide bonds. The van der Waals surface area contributed by atoms with Crippen LogP contribution in [0.5, 0.6) is 0 Å². The summed E-state index contributed by atoms with van der Waals surface area (Å²) in [4.78, 5) is 13.7. The summed E-state index contributed by atoms with van der Waals surface area (Å²) in [6.07, 6.45) is 8.75. The number of hydrogen-bond acceptors (Lipinski definition) is 2. The fourth-order valence-corrected chi connectivity index (χ4v) is 4.06. The van der Waals surface area contributed by atoms with Crippen LogP contribution in [0, 0.1) is 5.92 Å². The van der Waals surface area contributed by atoms with Crippen LogP contribution < -0.4 is 4.90 Å². The van der Waals surface area contributed by atoms with Gasteiger partial charge < -0.3 is 10.0 Å². The summed E-state index contributed by atoms with van der Waals surface area (Å²) in [5.74, 6) is 0.0473. The Labute approximate surface area is 127 Å². The van der Waals surface area contributed by atoms with E-state index in [1.165, 1.54) is 43.4 Å². The third-order valence-electron chi connectivity index (χ3n) is 5.25. The van der Waals surface area contributed by atoms with Gasteiger partial charge in [-0.05, 0) is 55.4 Å². The largest absolute Gasteiger partial charge is 0.478 e. The molecule has 1 saturated carbocycles. The topological polar surface area (TPSA) is 40.5 Å². The van der Waals surface area contributed by atoms with Gasteiger partial charge in [-0.25, -0.2) is 4.79 Å². The lowest BCUT2D eigenvalue weighted by Crippen LogP contribution is -2.42. The Hall–Kier alpha value is -1.51. The maximum atomic E-state index is 11.1. The van der Waals surface area contributed by atoms with E-state index in [2.05, 4.69) is 11.8 Å². The molecule has 114 valence electrons. The molecule has 3 rings (SSSR count). The summed E-state index contributed by atoms with van der Waals surface area (Å²) in [6, 6.07) is 6.33. The molecule has 1 aliphatic carbocycles. The van der Waals surface area contributed by atoms with E-state index in [4.69, 9.17) is 5.11 Å². The highest BCUT2D eigenvalue weighted by atomic mass is 16.4. The summed E-state index contributed by atoms with van der Waals surface area (Å²) in [6.45, 7) is 3.43. The molecule has 1 N–H and O–H groups in total. The smallest absolute Gasteiger partial charge is 0.335 e. The van der Waals surface area contributed by atoms with Crippen molar-refractivity contribution in [1.82, 2.24) is 0 Å². The molecule has 0 bridgehead atoms. The van der Waals surface area contributed by atoms with Gasteiger partial charge in [0, 0.05) is 18.3 Å². The number of rotatable bonds is 3. The van der Waals surface area contributed by atoms with Gasteiger partial charge in [0.2, 0.25) is 0 Å². The fraction of sp³-hybridized carbons (Fsp3) is 0.611. The van der Waals surface area contributed by atoms with Crippen molar-refractivity contribution in [3.63, 3.8) is 0 Å². The van der Waals surface area contributed by atoms with Gasteiger partial charge in [0.25, 0.3) is 0 Å². The lowest BCUT2D eigenvalue weighted by molar-refractivity contribution is 0.0697. The second-order valence-electron chi connectivity index (χ2n) is 6.54. The van der Waals surface area contributed by atoms with Crippen molar-refractivity contribution in [2.24, 2.45) is 5.92 Å². The predicted molar refractivity (Wildman–Crippen MR) is 85.1 cm³/mol. The monoisotopic (exact) mass is 287 g/mol. The van der Waals surface area contributed by atoms with Crippen LogP contribution in [-0.2, 0) is 6.42 Å². The number of anilines is 1. The lowest BCUT2D eigenvalue weighted by atomic mass is 9.82. The van der Waals surface area contributed by atoms with Crippen LogP contribution in [0.4, 0.5) is 5.69 Å². The quantitative estimate of drug-likeness (QED) is 0.909. The van der Waals surface area contributed by atoms with Crippen molar-refractivity contribution < 1.29 is 9.90 Å². The summed E-state index contributed by atoms with van der Waals surface area (Å²) in [7, 11) is 0. The predicted octanol–water partition coefficient (Wildman–Crippen LogP) is 4.11. The number of carboxylic acids is 1. The maximum absolute atomic E-state index is 11.1. The van der Waals surface area contributed by atoms with E-state index in [1.54, 1.807) is 6.07 Å². The van der Waals surface area contributed by atoms with E-state index in [9.17, 15) is 4.79 Å². The van der Waals surface area contributed by atoms with Crippen LogP contribution in [0.3, 0.4) is 0 Å². The van der Waals surface area contributed by atoms with Crippen LogP contribution >= 0.6 is 0 Å². The molecule has 1 fully saturated rings. The summed E-state index contributed by atoms with van der Waals surface area (Å²) < 4.78 is 0. The molecule has 1 aromatic carbocycles. The molecule has 2 unspecified atom stereocenters. The Morgan fingerprint density at radius 3 is 2.95 bits per heavy atom. The van der Waals surface area contributed by atoms with Gasteiger partial charge in [0.1, 0.15) is 0 Å².